The van der Waals surface area contributed by atoms with E-state index in [2.05, 4.69) is 16.9 Å². The average molecular weight is 516 g/mol. The van der Waals surface area contributed by atoms with Gasteiger partial charge in [-0.3, -0.25) is 9.58 Å². The van der Waals surface area contributed by atoms with E-state index < -0.39 is 22.8 Å². The summed E-state index contributed by atoms with van der Waals surface area (Å²) >= 11 is 0.709. The number of piperidine rings is 1. The van der Waals surface area contributed by atoms with E-state index in [1.54, 1.807) is 0 Å². The van der Waals surface area contributed by atoms with Crippen molar-refractivity contribution in [1.29, 1.82) is 0 Å². The Morgan fingerprint density at radius 2 is 2.17 bits per heavy atom. The number of ether oxygens (including phenoxy) is 2. The van der Waals surface area contributed by atoms with Crippen LogP contribution in [-0.2, 0) is 34.3 Å². The molecule has 0 amide bonds. The van der Waals surface area contributed by atoms with Gasteiger partial charge >= 0.3 is 6.18 Å². The van der Waals surface area contributed by atoms with Crippen LogP contribution in [0.4, 0.5) is 13.2 Å². The molecule has 194 valence electrons. The van der Waals surface area contributed by atoms with Gasteiger partial charge in [0.2, 0.25) is 0 Å². The van der Waals surface area contributed by atoms with Crippen LogP contribution < -0.4 is 0 Å². The fraction of sp³-hybridized carbons (Fsp3) is 0.708. The van der Waals surface area contributed by atoms with Gasteiger partial charge in [0.25, 0.3) is 0 Å². The van der Waals surface area contributed by atoms with Crippen LogP contribution in [0.3, 0.4) is 0 Å². The van der Waals surface area contributed by atoms with Crippen LogP contribution in [-0.4, -0.2) is 63.9 Å². The molecule has 1 spiro atoms. The molecule has 5 rings (SSSR count). The normalized spacial score (nSPS) is 30.6. The molecule has 5 atom stereocenters. The topological polar surface area (TPSA) is 80.0 Å². The number of likely N-dealkylation sites (tertiary alicyclic amines) is 1. The zero-order valence-electron chi connectivity index (χ0n) is 19.7. The van der Waals surface area contributed by atoms with Crippen LogP contribution in [0.2, 0.25) is 0 Å². The molecule has 2 saturated heterocycles. The zero-order chi connectivity index (χ0) is 24.8. The maximum absolute atomic E-state index is 13.4. The number of hydrogen-bond acceptors (Lipinski definition) is 7. The summed E-state index contributed by atoms with van der Waals surface area (Å²) in [5, 5.41) is 24.6. The molecule has 35 heavy (non-hydrogen) atoms. The predicted molar refractivity (Wildman–Crippen MR) is 123 cm³/mol. The summed E-state index contributed by atoms with van der Waals surface area (Å²) < 4.78 is 53.6. The Hall–Kier alpha value is -1.50. The first-order valence-electron chi connectivity index (χ1n) is 12.2. The predicted octanol–water partition coefficient (Wildman–Crippen LogP) is 3.55. The van der Waals surface area contributed by atoms with Gasteiger partial charge in [-0.15, -0.1) is 11.3 Å². The second-order valence-corrected chi connectivity index (χ2v) is 11.2. The van der Waals surface area contributed by atoms with Gasteiger partial charge in [0, 0.05) is 73.6 Å². The SMILES string of the molecule is C[C@H]1C[C@@]2(CCN1Cc1cnn(CC(CO)C3CCOC3)c1)OC[C@@H](O)c1cc(C(F)(F)F)sc12. The first-order chi connectivity index (χ1) is 16.7. The van der Waals surface area contributed by atoms with Gasteiger partial charge in [-0.25, -0.2) is 0 Å². The number of aliphatic hydroxyl groups is 2. The monoisotopic (exact) mass is 515 g/mol. The van der Waals surface area contributed by atoms with Crippen molar-refractivity contribution in [1.82, 2.24) is 14.7 Å². The van der Waals surface area contributed by atoms with E-state index in [4.69, 9.17) is 9.47 Å². The molecule has 2 N–H and O–H groups in total. The Labute approximate surface area is 206 Å². The second-order valence-electron chi connectivity index (χ2n) is 10.1. The molecule has 2 aromatic rings. The van der Waals surface area contributed by atoms with Crippen LogP contribution in [0.15, 0.2) is 18.5 Å². The minimum absolute atomic E-state index is 0.0125. The van der Waals surface area contributed by atoms with Crippen molar-refractivity contribution in [2.24, 2.45) is 11.8 Å². The number of nitrogens with zero attached hydrogens (tertiary/aromatic N) is 3. The van der Waals surface area contributed by atoms with Gasteiger partial charge in [0.15, 0.2) is 0 Å². The lowest BCUT2D eigenvalue weighted by atomic mass is 9.81. The highest BCUT2D eigenvalue weighted by atomic mass is 32.1. The van der Waals surface area contributed by atoms with Gasteiger partial charge in [-0.2, -0.15) is 18.3 Å². The number of rotatable bonds is 6. The van der Waals surface area contributed by atoms with Crippen LogP contribution >= 0.6 is 11.3 Å². The first-order valence-corrected chi connectivity index (χ1v) is 13.0. The summed E-state index contributed by atoms with van der Waals surface area (Å²) in [6, 6.07) is 1.17. The molecule has 2 unspecified atom stereocenters. The molecule has 0 bridgehead atoms. The van der Waals surface area contributed by atoms with Crippen molar-refractivity contribution < 1.29 is 32.9 Å². The number of alkyl halides is 3. The quantitative estimate of drug-likeness (QED) is 0.613. The van der Waals surface area contributed by atoms with Crippen molar-refractivity contribution in [3.05, 3.63) is 39.3 Å². The van der Waals surface area contributed by atoms with E-state index in [9.17, 15) is 23.4 Å². The van der Waals surface area contributed by atoms with Crippen molar-refractivity contribution in [3.63, 3.8) is 0 Å². The minimum Gasteiger partial charge on any atom is -0.396 e. The standard InChI is InChI=1S/C24H32F3N3O4S/c1-15-7-23(22-19(20(32)14-34-23)6-21(35-22)24(25,26)27)3-4-29(15)9-16-8-28-30(10-16)11-18(12-31)17-2-5-33-13-17/h6,8,10,15,17-18,20,31-32H,2-5,7,9,11-14H2,1H3/t15-,17?,18?,20+,23+/m0/s1. The highest BCUT2D eigenvalue weighted by molar-refractivity contribution is 7.12. The summed E-state index contributed by atoms with van der Waals surface area (Å²) in [5.41, 5.74) is 0.630. The Balaban J connectivity index is 1.25. The lowest BCUT2D eigenvalue weighted by molar-refractivity contribution is -0.139. The summed E-state index contributed by atoms with van der Waals surface area (Å²) in [6.45, 7) is 5.60. The molecular formula is C24H32F3N3O4S. The van der Waals surface area contributed by atoms with Gasteiger partial charge in [-0.1, -0.05) is 0 Å². The Bertz CT molecular complexity index is 1020. The van der Waals surface area contributed by atoms with Gasteiger partial charge in [0.05, 0.1) is 12.8 Å². The summed E-state index contributed by atoms with van der Waals surface area (Å²) in [6.07, 6.45) is 0.481. The molecule has 0 aliphatic carbocycles. The first kappa shape index (κ1) is 25.2. The van der Waals surface area contributed by atoms with Gasteiger partial charge in [-0.05, 0) is 38.2 Å². The van der Waals surface area contributed by atoms with Gasteiger partial charge < -0.3 is 19.7 Å². The third kappa shape index (κ3) is 5.03. The molecule has 0 saturated carbocycles. The van der Waals surface area contributed by atoms with E-state index in [1.165, 1.54) is 0 Å². The highest BCUT2D eigenvalue weighted by Crippen LogP contribution is 2.51. The average Bonchev–Trinajstić information content (AvgIpc) is 3.57. The fourth-order valence-corrected chi connectivity index (χ4v) is 6.98. The third-order valence-corrected chi connectivity index (χ3v) is 9.12. The Kier molecular flexibility index (Phi) is 7.01. The number of fused-ring (bicyclic) bond motifs is 2. The van der Waals surface area contributed by atoms with E-state index in [0.29, 0.717) is 66.8 Å². The van der Waals surface area contributed by atoms with E-state index in [1.807, 2.05) is 17.1 Å². The van der Waals surface area contributed by atoms with Crippen molar-refractivity contribution >= 4 is 11.3 Å². The lowest BCUT2D eigenvalue weighted by Gasteiger charge is -2.47. The van der Waals surface area contributed by atoms with Crippen LogP contribution in [0, 0.1) is 11.8 Å². The maximum Gasteiger partial charge on any atom is 0.425 e. The summed E-state index contributed by atoms with van der Waals surface area (Å²) in [4.78, 5) is 2.14. The Morgan fingerprint density at radius 3 is 2.86 bits per heavy atom. The highest BCUT2D eigenvalue weighted by Gasteiger charge is 2.48. The fourth-order valence-electron chi connectivity index (χ4n) is 5.71. The Morgan fingerprint density at radius 1 is 1.34 bits per heavy atom. The number of aromatic nitrogens is 2. The van der Waals surface area contributed by atoms with Crippen molar-refractivity contribution in [2.75, 3.05) is 33.0 Å². The second kappa shape index (κ2) is 9.75. The van der Waals surface area contributed by atoms with Gasteiger partial charge in [0.1, 0.15) is 16.6 Å². The molecule has 2 aromatic heterocycles. The molecular weight excluding hydrogens is 483 g/mol. The van der Waals surface area contributed by atoms with Crippen LogP contribution in [0.1, 0.15) is 53.2 Å². The summed E-state index contributed by atoms with van der Waals surface area (Å²) in [5.74, 6) is 0.458. The van der Waals surface area contributed by atoms with Crippen molar-refractivity contribution in [3.8, 4) is 0 Å². The third-order valence-electron chi connectivity index (χ3n) is 7.74. The molecule has 7 nitrogen and oxygen atoms in total. The van der Waals surface area contributed by atoms with Crippen LogP contribution in [0.5, 0.6) is 0 Å². The molecule has 3 aliphatic rings. The molecule has 2 fully saturated rings. The van der Waals surface area contributed by atoms with Crippen molar-refractivity contribution in [2.45, 2.75) is 63.2 Å². The summed E-state index contributed by atoms with van der Waals surface area (Å²) in [7, 11) is 0. The molecule has 0 radical (unpaired) electrons. The molecule has 3 aliphatic heterocycles. The van der Waals surface area contributed by atoms with E-state index >= 15 is 0 Å². The minimum atomic E-state index is -4.44. The molecule has 11 heteroatoms. The lowest BCUT2D eigenvalue weighted by Crippen LogP contribution is -2.50. The van der Waals surface area contributed by atoms with E-state index in [0.717, 1.165) is 24.7 Å². The molecule has 0 aromatic carbocycles. The smallest absolute Gasteiger partial charge is 0.396 e. The van der Waals surface area contributed by atoms with E-state index in [-0.39, 0.29) is 25.2 Å². The number of aliphatic hydroxyl groups excluding tert-OH is 2. The molecule has 5 heterocycles. The maximum atomic E-state index is 13.4. The van der Waals surface area contributed by atoms with Crippen LogP contribution in [0.25, 0.3) is 0 Å². The largest absolute Gasteiger partial charge is 0.425 e. The zero-order valence-corrected chi connectivity index (χ0v) is 20.5. The number of halogens is 3. The number of thiophene rings is 1. The number of hydrogen-bond donors (Lipinski definition) is 2.